The van der Waals surface area contributed by atoms with E-state index in [-0.39, 0.29) is 5.97 Å². The highest BCUT2D eigenvalue weighted by Crippen LogP contribution is 2.29. The maximum atomic E-state index is 12.4. The van der Waals surface area contributed by atoms with Crippen LogP contribution in [0.3, 0.4) is 0 Å². The van der Waals surface area contributed by atoms with Crippen LogP contribution < -0.4 is 4.74 Å². The van der Waals surface area contributed by atoms with E-state index in [2.05, 4.69) is 13.8 Å². The Morgan fingerprint density at radius 2 is 1.31 bits per heavy atom. The van der Waals surface area contributed by atoms with Gasteiger partial charge in [-0.2, -0.15) is 0 Å². The number of methoxy groups -OCH3 is 1. The van der Waals surface area contributed by atoms with Crippen LogP contribution in [0.5, 0.6) is 5.75 Å². The van der Waals surface area contributed by atoms with Gasteiger partial charge in [-0.05, 0) is 29.2 Å². The minimum absolute atomic E-state index is 0.340. The van der Waals surface area contributed by atoms with Crippen molar-refractivity contribution in [3.05, 3.63) is 42.0 Å². The minimum Gasteiger partial charge on any atom is -0.493 e. The van der Waals surface area contributed by atoms with Crippen molar-refractivity contribution in [2.75, 3.05) is 13.7 Å². The third kappa shape index (κ3) is 11.5. The lowest BCUT2D eigenvalue weighted by molar-refractivity contribution is 0.0598. The first kappa shape index (κ1) is 29.2. The summed E-state index contributed by atoms with van der Waals surface area (Å²) in [6.07, 6.45) is 21.6. The van der Waals surface area contributed by atoms with Crippen LogP contribution in [0.1, 0.15) is 127 Å². The molecule has 2 rings (SSSR count). The van der Waals surface area contributed by atoms with Crippen molar-refractivity contribution in [1.29, 1.82) is 0 Å². The van der Waals surface area contributed by atoms with E-state index in [1.807, 2.05) is 36.4 Å². The molecule has 0 N–H and O–H groups in total. The second-order valence-electron chi connectivity index (χ2n) is 10.3. The minimum atomic E-state index is -0.340. The van der Waals surface area contributed by atoms with Crippen LogP contribution in [-0.2, 0) is 4.74 Å². The Balaban J connectivity index is 1.51. The third-order valence-corrected chi connectivity index (χ3v) is 7.18. The molecule has 196 valence electrons. The molecular formula is C32H50O3. The normalized spacial score (nSPS) is 12.1. The average molecular weight is 483 g/mol. The number of hydrogen-bond donors (Lipinski definition) is 0. The lowest BCUT2D eigenvalue weighted by atomic mass is 9.96. The summed E-state index contributed by atoms with van der Waals surface area (Å²) in [6, 6.07) is 11.8. The highest BCUT2D eigenvalue weighted by Gasteiger charge is 2.17. The van der Waals surface area contributed by atoms with Gasteiger partial charge < -0.3 is 9.47 Å². The molecule has 0 aromatic heterocycles. The summed E-state index contributed by atoms with van der Waals surface area (Å²) in [7, 11) is 1.42. The Bertz CT molecular complexity index is 829. The van der Waals surface area contributed by atoms with Crippen LogP contribution in [0.2, 0.25) is 0 Å². The summed E-state index contributed by atoms with van der Waals surface area (Å²) in [5, 5.41) is 1.90. The standard InChI is InChI=1S/C32H50O3/c1-4-5-6-7-8-9-10-12-15-20-27(2)21-16-13-11-14-19-26-35-30-25-24-28-22-17-18-23-29(28)31(30)32(33)34-3/h17-18,22-25,27H,4-16,19-21,26H2,1-3H3. The molecule has 35 heavy (non-hydrogen) atoms. The zero-order chi connectivity index (χ0) is 25.1. The Morgan fingerprint density at radius 1 is 0.743 bits per heavy atom. The molecule has 0 aliphatic carbocycles. The van der Waals surface area contributed by atoms with Gasteiger partial charge in [0.15, 0.2) is 0 Å². The number of hydrogen-bond acceptors (Lipinski definition) is 3. The lowest BCUT2D eigenvalue weighted by Gasteiger charge is -2.13. The molecule has 0 saturated carbocycles. The summed E-state index contributed by atoms with van der Waals surface area (Å²) in [4.78, 5) is 12.4. The monoisotopic (exact) mass is 482 g/mol. The molecule has 0 radical (unpaired) electrons. The van der Waals surface area contributed by atoms with Gasteiger partial charge in [0.1, 0.15) is 11.3 Å². The summed E-state index contributed by atoms with van der Waals surface area (Å²) < 4.78 is 11.0. The predicted octanol–water partition coefficient (Wildman–Crippen LogP) is 9.90. The highest BCUT2D eigenvalue weighted by atomic mass is 16.5. The molecule has 3 heteroatoms. The van der Waals surface area contributed by atoms with Crippen LogP contribution in [0.15, 0.2) is 36.4 Å². The van der Waals surface area contributed by atoms with Gasteiger partial charge in [-0.15, -0.1) is 0 Å². The van der Waals surface area contributed by atoms with Crippen LogP contribution in [0, 0.1) is 5.92 Å². The van der Waals surface area contributed by atoms with Crippen molar-refractivity contribution >= 4 is 16.7 Å². The first-order valence-electron chi connectivity index (χ1n) is 14.4. The zero-order valence-electron chi connectivity index (χ0n) is 22.8. The van der Waals surface area contributed by atoms with Crippen molar-refractivity contribution in [1.82, 2.24) is 0 Å². The van der Waals surface area contributed by atoms with E-state index in [1.165, 1.54) is 103 Å². The van der Waals surface area contributed by atoms with E-state index in [0.29, 0.717) is 17.9 Å². The Labute approximate surface area is 215 Å². The highest BCUT2D eigenvalue weighted by molar-refractivity contribution is 6.07. The summed E-state index contributed by atoms with van der Waals surface area (Å²) in [5.74, 6) is 1.15. The fourth-order valence-corrected chi connectivity index (χ4v) is 4.94. The van der Waals surface area contributed by atoms with Gasteiger partial charge in [-0.1, -0.05) is 140 Å². The van der Waals surface area contributed by atoms with Crippen molar-refractivity contribution in [3.8, 4) is 5.75 Å². The van der Waals surface area contributed by atoms with Crippen LogP contribution in [-0.4, -0.2) is 19.7 Å². The summed E-state index contributed by atoms with van der Waals surface area (Å²) >= 11 is 0. The van der Waals surface area contributed by atoms with Crippen LogP contribution >= 0.6 is 0 Å². The van der Waals surface area contributed by atoms with Gasteiger partial charge in [-0.25, -0.2) is 4.79 Å². The SMILES string of the molecule is CCCCCCCCCCCC(C)CCCCCCCOc1ccc2ccccc2c1C(=O)OC. The Kier molecular flexibility index (Phi) is 15.2. The van der Waals surface area contributed by atoms with Crippen LogP contribution in [0.4, 0.5) is 0 Å². The van der Waals surface area contributed by atoms with Crippen molar-refractivity contribution < 1.29 is 14.3 Å². The van der Waals surface area contributed by atoms with E-state index in [9.17, 15) is 4.79 Å². The molecule has 2 aromatic rings. The average Bonchev–Trinajstić information content (AvgIpc) is 2.88. The fraction of sp³-hybridized carbons (Fsp3) is 0.656. The van der Waals surface area contributed by atoms with Crippen molar-refractivity contribution in [2.45, 2.75) is 117 Å². The molecule has 0 aliphatic rings. The first-order chi connectivity index (χ1) is 17.2. The van der Waals surface area contributed by atoms with Gasteiger partial charge in [-0.3, -0.25) is 0 Å². The molecule has 0 saturated heterocycles. The fourth-order valence-electron chi connectivity index (χ4n) is 4.94. The zero-order valence-corrected chi connectivity index (χ0v) is 22.8. The maximum absolute atomic E-state index is 12.4. The molecular weight excluding hydrogens is 432 g/mol. The van der Waals surface area contributed by atoms with Gasteiger partial charge in [0.05, 0.1) is 13.7 Å². The molecule has 0 heterocycles. The molecule has 0 bridgehead atoms. The van der Waals surface area contributed by atoms with Gasteiger partial charge in [0, 0.05) is 0 Å². The van der Waals surface area contributed by atoms with Crippen LogP contribution in [0.25, 0.3) is 10.8 Å². The van der Waals surface area contributed by atoms with Crippen molar-refractivity contribution in [3.63, 3.8) is 0 Å². The Hall–Kier alpha value is -2.03. The molecule has 0 amide bonds. The summed E-state index contributed by atoms with van der Waals surface area (Å²) in [6.45, 7) is 5.35. The molecule has 1 atom stereocenters. The predicted molar refractivity (Wildman–Crippen MR) is 149 cm³/mol. The van der Waals surface area contributed by atoms with E-state index in [0.717, 1.165) is 23.1 Å². The molecule has 0 spiro atoms. The number of unbranched alkanes of at least 4 members (excludes halogenated alkanes) is 12. The van der Waals surface area contributed by atoms with E-state index >= 15 is 0 Å². The second kappa shape index (κ2) is 18.3. The van der Waals surface area contributed by atoms with E-state index in [1.54, 1.807) is 0 Å². The Morgan fingerprint density at radius 3 is 1.94 bits per heavy atom. The lowest BCUT2D eigenvalue weighted by Crippen LogP contribution is -2.07. The molecule has 0 aliphatic heterocycles. The van der Waals surface area contributed by atoms with Gasteiger partial charge in [0.2, 0.25) is 0 Å². The number of esters is 1. The van der Waals surface area contributed by atoms with Gasteiger partial charge >= 0.3 is 5.97 Å². The smallest absolute Gasteiger partial charge is 0.342 e. The van der Waals surface area contributed by atoms with E-state index in [4.69, 9.17) is 9.47 Å². The van der Waals surface area contributed by atoms with Crippen molar-refractivity contribution in [2.24, 2.45) is 5.92 Å². The summed E-state index contributed by atoms with van der Waals surface area (Å²) in [5.41, 5.74) is 0.534. The maximum Gasteiger partial charge on any atom is 0.342 e. The molecule has 0 fully saturated rings. The topological polar surface area (TPSA) is 35.5 Å². The first-order valence-corrected chi connectivity index (χ1v) is 14.4. The van der Waals surface area contributed by atoms with Gasteiger partial charge in [0.25, 0.3) is 0 Å². The largest absolute Gasteiger partial charge is 0.493 e. The molecule has 2 aromatic carbocycles. The quantitative estimate of drug-likeness (QED) is 0.139. The van der Waals surface area contributed by atoms with E-state index < -0.39 is 0 Å². The number of fused-ring (bicyclic) bond motifs is 1. The molecule has 1 unspecified atom stereocenters. The number of benzene rings is 2. The number of carbonyl (C=O) groups excluding carboxylic acids is 1. The number of carbonyl (C=O) groups is 1. The number of ether oxygens (including phenoxy) is 2. The molecule has 3 nitrogen and oxygen atoms in total. The second-order valence-corrected chi connectivity index (χ2v) is 10.3. The number of rotatable bonds is 20. The third-order valence-electron chi connectivity index (χ3n) is 7.18.